The highest BCUT2D eigenvalue weighted by atomic mass is 32.1. The molecular weight excluding hydrogens is 1300 g/mol. The number of aliphatic hydroxyl groups excluding tert-OH is 2. The van der Waals surface area contributed by atoms with Crippen LogP contribution in [0, 0.1) is 29.6 Å². The number of benzene rings is 1. The maximum absolute atomic E-state index is 14.3. The van der Waals surface area contributed by atoms with Gasteiger partial charge in [-0.05, 0) is 107 Å². The minimum absolute atomic E-state index is 0.00957. The van der Waals surface area contributed by atoms with Crippen molar-refractivity contribution in [3.63, 3.8) is 0 Å². The van der Waals surface area contributed by atoms with Crippen LogP contribution in [0.1, 0.15) is 146 Å². The second-order valence-electron chi connectivity index (χ2n) is 26.2. The van der Waals surface area contributed by atoms with Gasteiger partial charge < -0.3 is 90.2 Å². The Bertz CT molecular complexity index is 2790. The number of aliphatic hydroxyl groups is 2. The number of unbranched alkanes of at least 4 members (excludes halogenated alkanes) is 1. The zero-order valence-electron chi connectivity index (χ0n) is 58.1. The third kappa shape index (κ3) is 28.3. The highest BCUT2D eigenvalue weighted by Crippen LogP contribution is 2.22. The standard InChI is InChI=1S/C65H110N14O16S2/c1-13-36(9)50(76-53(82)38(11)68-60(89)48-24-20-26-79(48)64(93)49(35(7)8)75-54(83)41(67)29-40-21-16-15-17-22-40)61(90)71-44(28-34(5)6)57(86)73-46(31-96)59(88)72-45(30-80)58(87)77-51(37(10)14-2)62(91)70-43(27-33(3)4)56(85)69-42(23-18-19-25-66)55(84)78-52(39(12)81)63(92)74-47(32-97)65(94)95/h15-17,21-22,33-39,41-52,80-81,96-97H,13-14,18-20,23-32,66-67H2,1-12H3,(H,68,89)(H,69,85)(H,70,91)(H,71,90)(H,72,88)(H,73,86)(H,74,92)(H,75,83)(H,76,82)(H,77,87)(H,78,84)(H,94,95)/t36-,37-,38-,39+,41-,42-,43-,44-,45-,46-,47-,48-,49-,50-,51-,52-/m0/s1. The number of hydrogen-bond acceptors (Lipinski definition) is 19. The number of rotatable bonds is 43. The van der Waals surface area contributed by atoms with Gasteiger partial charge in [0, 0.05) is 18.1 Å². The Morgan fingerprint density at radius 3 is 1.43 bits per heavy atom. The molecule has 1 heterocycles. The normalized spacial score (nSPS) is 17.7. The van der Waals surface area contributed by atoms with Gasteiger partial charge >= 0.3 is 5.97 Å². The third-order valence-corrected chi connectivity index (χ3v) is 17.5. The highest BCUT2D eigenvalue weighted by Gasteiger charge is 2.42. The van der Waals surface area contributed by atoms with Crippen molar-refractivity contribution in [1.29, 1.82) is 0 Å². The molecule has 0 aromatic heterocycles. The topological polar surface area (TPSA) is 470 Å². The molecule has 0 saturated carbocycles. The molecule has 97 heavy (non-hydrogen) atoms. The first kappa shape index (κ1) is 86.0. The summed E-state index contributed by atoms with van der Waals surface area (Å²) in [6, 6.07) is -7.92. The molecular formula is C65H110N14O16S2. The number of amides is 12. The van der Waals surface area contributed by atoms with Gasteiger partial charge in [-0.25, -0.2) is 4.79 Å². The van der Waals surface area contributed by atoms with E-state index in [1.54, 1.807) is 69.2 Å². The lowest BCUT2D eigenvalue weighted by molar-refractivity contribution is -0.143. The number of nitrogens with zero attached hydrogens (tertiary/aromatic N) is 1. The van der Waals surface area contributed by atoms with Crippen LogP contribution in [-0.4, -0.2) is 213 Å². The first-order valence-electron chi connectivity index (χ1n) is 33.5. The predicted molar refractivity (Wildman–Crippen MR) is 369 cm³/mol. The molecule has 0 spiro atoms. The van der Waals surface area contributed by atoms with Crippen LogP contribution in [0.4, 0.5) is 0 Å². The molecule has 0 bridgehead atoms. The van der Waals surface area contributed by atoms with Gasteiger partial charge in [-0.2, -0.15) is 25.3 Å². The van der Waals surface area contributed by atoms with E-state index in [-0.39, 0.29) is 74.5 Å². The number of nitrogens with two attached hydrogens (primary N) is 2. The summed E-state index contributed by atoms with van der Waals surface area (Å²) in [5, 5.41) is 58.7. The van der Waals surface area contributed by atoms with E-state index in [0.29, 0.717) is 32.1 Å². The molecule has 12 amide bonds. The van der Waals surface area contributed by atoms with Crippen molar-refractivity contribution in [3.8, 4) is 0 Å². The molecule has 1 saturated heterocycles. The average molecular weight is 1410 g/mol. The lowest BCUT2D eigenvalue weighted by Crippen LogP contribution is -2.62. The summed E-state index contributed by atoms with van der Waals surface area (Å²) < 4.78 is 0. The third-order valence-electron chi connectivity index (χ3n) is 16.8. The van der Waals surface area contributed by atoms with Gasteiger partial charge in [0.05, 0.1) is 18.8 Å². The molecule has 1 aromatic carbocycles. The van der Waals surface area contributed by atoms with Crippen molar-refractivity contribution in [2.75, 3.05) is 31.2 Å². The monoisotopic (exact) mass is 1410 g/mol. The number of likely N-dealkylation sites (tertiary alicyclic amines) is 1. The molecule has 1 fully saturated rings. The van der Waals surface area contributed by atoms with Gasteiger partial charge in [0.15, 0.2) is 0 Å². The van der Waals surface area contributed by atoms with E-state index in [0.717, 1.165) is 5.56 Å². The van der Waals surface area contributed by atoms with Gasteiger partial charge in [-0.1, -0.05) is 112 Å². The van der Waals surface area contributed by atoms with Crippen LogP contribution < -0.4 is 70.0 Å². The zero-order valence-corrected chi connectivity index (χ0v) is 59.9. The average Bonchev–Trinajstić information content (AvgIpc) is 1.76. The fraction of sp³-hybridized carbons (Fsp3) is 0.708. The summed E-state index contributed by atoms with van der Waals surface area (Å²) in [5.74, 6) is -13.7. The second kappa shape index (κ2) is 43.3. The van der Waals surface area contributed by atoms with Crippen LogP contribution in [0.25, 0.3) is 0 Å². The number of carboxylic acids is 1. The quantitative estimate of drug-likeness (QED) is 0.0253. The molecule has 2 rings (SSSR count). The van der Waals surface area contributed by atoms with Crippen molar-refractivity contribution in [3.05, 3.63) is 35.9 Å². The molecule has 18 N–H and O–H groups in total. The molecule has 0 aliphatic carbocycles. The molecule has 0 unspecified atom stereocenters. The highest BCUT2D eigenvalue weighted by molar-refractivity contribution is 7.80. The number of nitrogens with one attached hydrogen (secondary N) is 11. The molecule has 1 aromatic rings. The van der Waals surface area contributed by atoms with E-state index in [1.807, 2.05) is 30.3 Å². The van der Waals surface area contributed by atoms with Crippen LogP contribution >= 0.6 is 25.3 Å². The zero-order chi connectivity index (χ0) is 73.6. The molecule has 32 heteroatoms. The van der Waals surface area contributed by atoms with Gasteiger partial charge in [0.2, 0.25) is 70.9 Å². The fourth-order valence-electron chi connectivity index (χ4n) is 10.5. The van der Waals surface area contributed by atoms with Gasteiger partial charge in [-0.15, -0.1) is 0 Å². The number of carbonyl (C=O) groups excluding carboxylic acids is 12. The van der Waals surface area contributed by atoms with Crippen molar-refractivity contribution in [2.24, 2.45) is 41.1 Å². The summed E-state index contributed by atoms with van der Waals surface area (Å²) in [4.78, 5) is 180. The number of thiol groups is 2. The van der Waals surface area contributed by atoms with Gasteiger partial charge in [-0.3, -0.25) is 57.5 Å². The first-order valence-corrected chi connectivity index (χ1v) is 34.8. The van der Waals surface area contributed by atoms with Crippen molar-refractivity contribution in [1.82, 2.24) is 63.4 Å². The molecule has 1 aliphatic heterocycles. The summed E-state index contributed by atoms with van der Waals surface area (Å²) in [7, 11) is 0. The number of hydrogen-bond donors (Lipinski definition) is 18. The summed E-state index contributed by atoms with van der Waals surface area (Å²) in [5.41, 5.74) is 12.8. The number of carbonyl (C=O) groups is 13. The molecule has 548 valence electrons. The smallest absolute Gasteiger partial charge is 0.327 e. The summed E-state index contributed by atoms with van der Waals surface area (Å²) in [6.07, 6.45) is 0.908. The SMILES string of the molecule is CC[C@H](C)[C@H](NC(=O)[C@H](C)NC(=O)[C@@H]1CCCN1C(=O)[C@@H](NC(=O)[C@@H](N)Cc1ccccc1)C(C)C)C(=O)N[C@@H](CC(C)C)C(=O)N[C@@H](CS)C(=O)N[C@@H](CO)C(=O)N[C@H](C(=O)N[C@@H](CC(C)C)C(=O)N[C@@H](CCCCN)C(=O)N[C@H](C(=O)N[C@@H](CS)C(=O)O)[C@@H](C)O)[C@@H](C)CC. The Labute approximate surface area is 580 Å². The van der Waals surface area contributed by atoms with Gasteiger partial charge in [0.1, 0.15) is 72.5 Å². The van der Waals surface area contributed by atoms with E-state index in [9.17, 15) is 77.6 Å². The number of carboxylic acid groups (broad SMARTS) is 1. The maximum Gasteiger partial charge on any atom is 0.327 e. The molecule has 1 aliphatic rings. The Morgan fingerprint density at radius 2 is 0.969 bits per heavy atom. The Kier molecular flexibility index (Phi) is 38.4. The summed E-state index contributed by atoms with van der Waals surface area (Å²) in [6.45, 7) is 19.5. The summed E-state index contributed by atoms with van der Waals surface area (Å²) >= 11 is 8.22. The van der Waals surface area contributed by atoms with Crippen LogP contribution in [0.2, 0.25) is 0 Å². The molecule has 16 atom stereocenters. The van der Waals surface area contributed by atoms with Crippen molar-refractivity contribution in [2.45, 2.75) is 232 Å². The van der Waals surface area contributed by atoms with Crippen LogP contribution in [0.5, 0.6) is 0 Å². The fourth-order valence-corrected chi connectivity index (χ4v) is 11.0. The molecule has 0 radical (unpaired) electrons. The van der Waals surface area contributed by atoms with Gasteiger partial charge in [0.25, 0.3) is 0 Å². The van der Waals surface area contributed by atoms with Crippen LogP contribution in [0.15, 0.2) is 30.3 Å². The minimum atomic E-state index is -1.72. The van der Waals surface area contributed by atoms with E-state index in [1.165, 1.54) is 18.7 Å². The predicted octanol–water partition coefficient (Wildman–Crippen LogP) is -1.81. The van der Waals surface area contributed by atoms with Crippen LogP contribution in [0.3, 0.4) is 0 Å². The number of aliphatic carboxylic acids is 1. The van der Waals surface area contributed by atoms with Crippen molar-refractivity contribution < 1.29 is 77.6 Å². The van der Waals surface area contributed by atoms with Crippen molar-refractivity contribution >= 4 is 102 Å². The van der Waals surface area contributed by atoms with E-state index in [4.69, 9.17) is 11.5 Å². The first-order chi connectivity index (χ1) is 45.6. The Hall–Kier alpha value is -7.13. The van der Waals surface area contributed by atoms with E-state index >= 15 is 0 Å². The van der Waals surface area contributed by atoms with E-state index < -0.39 is 180 Å². The maximum atomic E-state index is 14.3. The second-order valence-corrected chi connectivity index (χ2v) is 26.9. The lowest BCUT2D eigenvalue weighted by Gasteiger charge is -2.32. The Morgan fingerprint density at radius 1 is 0.536 bits per heavy atom. The Balaban J connectivity index is 2.26. The largest absolute Gasteiger partial charge is 0.480 e. The van der Waals surface area contributed by atoms with E-state index in [2.05, 4.69) is 83.7 Å². The minimum Gasteiger partial charge on any atom is -0.480 e. The van der Waals surface area contributed by atoms with Crippen LogP contribution in [-0.2, 0) is 68.7 Å². The lowest BCUT2D eigenvalue weighted by atomic mass is 9.96. The molecule has 30 nitrogen and oxygen atoms in total.